The van der Waals surface area contributed by atoms with Crippen LogP contribution in [0.15, 0.2) is 27.8 Å². The second-order valence-electron chi connectivity index (χ2n) is 8.47. The Morgan fingerprint density at radius 1 is 1.13 bits per heavy atom. The summed E-state index contributed by atoms with van der Waals surface area (Å²) in [5, 5.41) is 3.46. The van der Waals surface area contributed by atoms with Gasteiger partial charge in [-0.3, -0.25) is 14.2 Å². The lowest BCUT2D eigenvalue weighted by molar-refractivity contribution is -0.122. The van der Waals surface area contributed by atoms with Crippen molar-refractivity contribution in [2.45, 2.75) is 70.9 Å². The van der Waals surface area contributed by atoms with Gasteiger partial charge in [-0.05, 0) is 62.6 Å². The standard InChI is InChI=1S/C23H31N3O5/c1-15-7-10-17(11-8-15)24-20(27)6-4-3-5-13-26-21(28)18-12-9-16(22(29)31-2)14-19(18)25-23(26)30/h9,12,14-15,17H,3-8,10-11,13H2,1-2H3,(H,24,27)(H,25,30). The Kier molecular flexibility index (Phi) is 7.65. The molecule has 1 aromatic carbocycles. The van der Waals surface area contributed by atoms with E-state index < -0.39 is 11.7 Å². The molecular formula is C23H31N3O5. The minimum atomic E-state index is -0.533. The highest BCUT2D eigenvalue weighted by Crippen LogP contribution is 2.23. The summed E-state index contributed by atoms with van der Waals surface area (Å²) < 4.78 is 5.84. The van der Waals surface area contributed by atoms with Gasteiger partial charge in [0.05, 0.1) is 23.6 Å². The van der Waals surface area contributed by atoms with Crippen molar-refractivity contribution < 1.29 is 14.3 Å². The van der Waals surface area contributed by atoms with Crippen LogP contribution >= 0.6 is 0 Å². The fourth-order valence-electron chi connectivity index (χ4n) is 4.14. The average molecular weight is 430 g/mol. The zero-order valence-electron chi connectivity index (χ0n) is 18.2. The molecule has 2 aromatic rings. The number of aromatic nitrogens is 2. The molecule has 0 spiro atoms. The van der Waals surface area contributed by atoms with Crippen molar-refractivity contribution >= 4 is 22.8 Å². The SMILES string of the molecule is COC(=O)c1ccc2c(=O)n(CCCCCC(=O)NC3CCC(C)CC3)c(=O)[nH]c2c1. The van der Waals surface area contributed by atoms with E-state index in [0.717, 1.165) is 31.6 Å². The second-order valence-corrected chi connectivity index (χ2v) is 8.47. The topological polar surface area (TPSA) is 110 Å². The van der Waals surface area contributed by atoms with Gasteiger partial charge in [-0.2, -0.15) is 0 Å². The summed E-state index contributed by atoms with van der Waals surface area (Å²) in [5.41, 5.74) is -0.324. The Bertz CT molecular complexity index is 1050. The Hall–Kier alpha value is -2.90. The lowest BCUT2D eigenvalue weighted by Gasteiger charge is -2.26. The Labute approximate surface area is 181 Å². The molecule has 0 saturated heterocycles. The molecule has 168 valence electrons. The number of amides is 1. The minimum Gasteiger partial charge on any atom is -0.465 e. The van der Waals surface area contributed by atoms with Crippen LogP contribution in [0, 0.1) is 5.92 Å². The second kappa shape index (κ2) is 10.4. The van der Waals surface area contributed by atoms with Crippen molar-refractivity contribution in [3.05, 3.63) is 44.6 Å². The van der Waals surface area contributed by atoms with Gasteiger partial charge in [-0.15, -0.1) is 0 Å². The maximum Gasteiger partial charge on any atom is 0.337 e. The van der Waals surface area contributed by atoms with E-state index in [9.17, 15) is 19.2 Å². The number of aromatic amines is 1. The number of nitrogens with one attached hydrogen (secondary N) is 2. The highest BCUT2D eigenvalue weighted by molar-refractivity contribution is 5.93. The van der Waals surface area contributed by atoms with Crippen molar-refractivity contribution in [2.24, 2.45) is 5.92 Å². The van der Waals surface area contributed by atoms with E-state index in [2.05, 4.69) is 22.0 Å². The predicted molar refractivity (Wildman–Crippen MR) is 118 cm³/mol. The number of carbonyl (C=O) groups excluding carboxylic acids is 2. The number of unbranched alkanes of at least 4 members (excludes halogenated alkanes) is 2. The smallest absolute Gasteiger partial charge is 0.337 e. The summed E-state index contributed by atoms with van der Waals surface area (Å²) in [5.74, 6) is 0.306. The van der Waals surface area contributed by atoms with Crippen LogP contribution < -0.4 is 16.6 Å². The summed E-state index contributed by atoms with van der Waals surface area (Å²) in [4.78, 5) is 51.5. The van der Waals surface area contributed by atoms with E-state index in [1.54, 1.807) is 0 Å². The molecular weight excluding hydrogens is 398 g/mol. The van der Waals surface area contributed by atoms with E-state index in [-0.39, 0.29) is 23.6 Å². The number of hydrogen-bond acceptors (Lipinski definition) is 5. The van der Waals surface area contributed by atoms with Crippen LogP contribution in [0.4, 0.5) is 0 Å². The number of methoxy groups -OCH3 is 1. The number of nitrogens with zero attached hydrogens (tertiary/aromatic N) is 1. The summed E-state index contributed by atoms with van der Waals surface area (Å²) in [6.45, 7) is 2.54. The van der Waals surface area contributed by atoms with Crippen molar-refractivity contribution in [2.75, 3.05) is 7.11 Å². The highest BCUT2D eigenvalue weighted by Gasteiger charge is 2.19. The number of ether oxygens (including phenoxy) is 1. The Morgan fingerprint density at radius 2 is 1.87 bits per heavy atom. The monoisotopic (exact) mass is 429 g/mol. The fourth-order valence-corrected chi connectivity index (χ4v) is 4.14. The molecule has 1 amide bonds. The third kappa shape index (κ3) is 5.83. The molecule has 1 heterocycles. The average Bonchev–Trinajstić information content (AvgIpc) is 2.76. The predicted octanol–water partition coefficient (Wildman–Crippen LogP) is 2.73. The van der Waals surface area contributed by atoms with Crippen molar-refractivity contribution in [1.82, 2.24) is 14.9 Å². The first kappa shape index (κ1) is 22.8. The molecule has 0 bridgehead atoms. The van der Waals surface area contributed by atoms with Crippen molar-refractivity contribution in [3.63, 3.8) is 0 Å². The highest BCUT2D eigenvalue weighted by atomic mass is 16.5. The maximum absolute atomic E-state index is 12.7. The van der Waals surface area contributed by atoms with Crippen LogP contribution in [0.3, 0.4) is 0 Å². The van der Waals surface area contributed by atoms with Crippen LogP contribution in [0.25, 0.3) is 10.9 Å². The lowest BCUT2D eigenvalue weighted by Crippen LogP contribution is -2.37. The third-order valence-electron chi connectivity index (χ3n) is 6.07. The van der Waals surface area contributed by atoms with Crippen LogP contribution in [-0.4, -0.2) is 34.6 Å². The number of fused-ring (bicyclic) bond motifs is 1. The molecule has 0 unspecified atom stereocenters. The van der Waals surface area contributed by atoms with Gasteiger partial charge in [0.15, 0.2) is 0 Å². The molecule has 1 fully saturated rings. The Balaban J connectivity index is 1.50. The summed E-state index contributed by atoms with van der Waals surface area (Å²) >= 11 is 0. The molecule has 3 rings (SSSR count). The van der Waals surface area contributed by atoms with Gasteiger partial charge < -0.3 is 15.0 Å². The molecule has 31 heavy (non-hydrogen) atoms. The summed E-state index contributed by atoms with van der Waals surface area (Å²) in [6, 6.07) is 4.77. The van der Waals surface area contributed by atoms with Gasteiger partial charge in [0.1, 0.15) is 0 Å². The van der Waals surface area contributed by atoms with E-state index in [4.69, 9.17) is 0 Å². The Morgan fingerprint density at radius 3 is 2.58 bits per heavy atom. The quantitative estimate of drug-likeness (QED) is 0.495. The number of H-pyrrole nitrogens is 1. The molecule has 1 aliphatic rings. The molecule has 0 atom stereocenters. The zero-order valence-corrected chi connectivity index (χ0v) is 18.2. The van der Waals surface area contributed by atoms with Gasteiger partial charge in [-0.1, -0.05) is 13.3 Å². The van der Waals surface area contributed by atoms with E-state index in [1.807, 2.05) is 0 Å². The van der Waals surface area contributed by atoms with Gasteiger partial charge in [0.2, 0.25) is 5.91 Å². The van der Waals surface area contributed by atoms with Crippen LogP contribution in [0.5, 0.6) is 0 Å². The number of esters is 1. The van der Waals surface area contributed by atoms with Crippen LogP contribution in [0.2, 0.25) is 0 Å². The molecule has 0 aliphatic heterocycles. The molecule has 1 saturated carbocycles. The van der Waals surface area contributed by atoms with Crippen LogP contribution in [-0.2, 0) is 16.1 Å². The zero-order chi connectivity index (χ0) is 22.4. The first-order chi connectivity index (χ1) is 14.9. The molecule has 1 aliphatic carbocycles. The van der Waals surface area contributed by atoms with Gasteiger partial charge >= 0.3 is 11.7 Å². The van der Waals surface area contributed by atoms with E-state index >= 15 is 0 Å². The van der Waals surface area contributed by atoms with E-state index in [1.165, 1.54) is 42.7 Å². The maximum atomic E-state index is 12.7. The molecule has 2 N–H and O–H groups in total. The first-order valence-electron chi connectivity index (χ1n) is 11.0. The summed E-state index contributed by atoms with van der Waals surface area (Å²) in [7, 11) is 1.27. The van der Waals surface area contributed by atoms with Crippen LogP contribution in [0.1, 0.15) is 68.6 Å². The molecule has 8 nitrogen and oxygen atoms in total. The normalized spacial score (nSPS) is 18.6. The number of hydrogen-bond donors (Lipinski definition) is 2. The first-order valence-corrected chi connectivity index (χ1v) is 11.0. The minimum absolute atomic E-state index is 0.0849. The number of benzene rings is 1. The number of rotatable bonds is 8. The largest absolute Gasteiger partial charge is 0.465 e. The van der Waals surface area contributed by atoms with Gasteiger partial charge in [-0.25, -0.2) is 9.59 Å². The van der Waals surface area contributed by atoms with Crippen molar-refractivity contribution in [3.8, 4) is 0 Å². The van der Waals surface area contributed by atoms with E-state index in [0.29, 0.717) is 29.8 Å². The molecule has 0 radical (unpaired) electrons. The number of carbonyl (C=O) groups is 2. The van der Waals surface area contributed by atoms with Gasteiger partial charge in [0, 0.05) is 19.0 Å². The van der Waals surface area contributed by atoms with Crippen molar-refractivity contribution in [1.29, 1.82) is 0 Å². The third-order valence-corrected chi connectivity index (χ3v) is 6.07. The van der Waals surface area contributed by atoms with Gasteiger partial charge in [0.25, 0.3) is 5.56 Å². The summed E-state index contributed by atoms with van der Waals surface area (Å²) in [6.07, 6.45) is 7.02. The molecule has 1 aromatic heterocycles. The fraction of sp³-hybridized carbons (Fsp3) is 0.565. The lowest BCUT2D eigenvalue weighted by atomic mass is 9.87. The molecule has 8 heteroatoms.